The fourth-order valence-corrected chi connectivity index (χ4v) is 3.81. The predicted octanol–water partition coefficient (Wildman–Crippen LogP) is -0.199. The molecular weight excluding hydrogens is 306 g/mol. The van der Waals surface area contributed by atoms with Gasteiger partial charge in [-0.2, -0.15) is 0 Å². The molecule has 0 spiro atoms. The molecule has 1 fully saturated rings. The summed E-state index contributed by atoms with van der Waals surface area (Å²) in [4.78, 5) is 31.1. The van der Waals surface area contributed by atoms with Crippen LogP contribution in [0.1, 0.15) is 45.4 Å². The maximum atomic E-state index is 12.6. The van der Waals surface area contributed by atoms with E-state index in [-0.39, 0.29) is 11.2 Å². The predicted molar refractivity (Wildman–Crippen MR) is 93.4 cm³/mol. The van der Waals surface area contributed by atoms with Gasteiger partial charge in [0, 0.05) is 20.6 Å². The molecule has 3 rings (SSSR count). The summed E-state index contributed by atoms with van der Waals surface area (Å²) in [7, 11) is 3.22. The number of aromatic nitrogens is 4. The second kappa shape index (κ2) is 6.55. The number of likely N-dealkylation sites (tertiary alicyclic amines) is 1. The van der Waals surface area contributed by atoms with Crippen molar-refractivity contribution in [2.45, 2.75) is 58.7 Å². The lowest BCUT2D eigenvalue weighted by Gasteiger charge is -2.29. The molecule has 0 aliphatic carbocycles. The minimum absolute atomic E-state index is 0.248. The van der Waals surface area contributed by atoms with Crippen LogP contribution in [0.15, 0.2) is 9.59 Å². The first-order valence-electron chi connectivity index (χ1n) is 8.95. The number of hydrogen-bond acceptors (Lipinski definition) is 3. The van der Waals surface area contributed by atoms with Gasteiger partial charge < -0.3 is 9.47 Å². The summed E-state index contributed by atoms with van der Waals surface area (Å²) in [6.45, 7) is 7.09. The van der Waals surface area contributed by atoms with E-state index in [2.05, 4.69) is 13.8 Å². The second-order valence-electron chi connectivity index (χ2n) is 7.04. The SMILES string of the molecule is CCCn1c(C[NH+]2CCCC[C@@H]2C)nc2c1c(=O)n(C)c(=O)n2C. The van der Waals surface area contributed by atoms with Crippen molar-refractivity contribution < 1.29 is 4.90 Å². The maximum absolute atomic E-state index is 12.6. The second-order valence-corrected chi connectivity index (χ2v) is 7.04. The number of quaternary nitrogens is 1. The smallest absolute Gasteiger partial charge is 0.326 e. The third kappa shape index (κ3) is 2.70. The quantitative estimate of drug-likeness (QED) is 0.842. The zero-order valence-electron chi connectivity index (χ0n) is 15.1. The van der Waals surface area contributed by atoms with Gasteiger partial charge in [-0.3, -0.25) is 13.9 Å². The van der Waals surface area contributed by atoms with Gasteiger partial charge in [-0.15, -0.1) is 0 Å². The highest BCUT2D eigenvalue weighted by Crippen LogP contribution is 2.12. The molecule has 0 aromatic carbocycles. The molecular formula is C17H28N5O2+. The normalized spacial score (nSPS) is 21.5. The Morgan fingerprint density at radius 1 is 1.21 bits per heavy atom. The zero-order chi connectivity index (χ0) is 17.4. The van der Waals surface area contributed by atoms with E-state index in [1.54, 1.807) is 7.05 Å². The summed E-state index contributed by atoms with van der Waals surface area (Å²) in [5.41, 5.74) is 0.497. The van der Waals surface area contributed by atoms with E-state index in [0.717, 1.165) is 31.9 Å². The van der Waals surface area contributed by atoms with Crippen molar-refractivity contribution in [3.8, 4) is 0 Å². The van der Waals surface area contributed by atoms with E-state index >= 15 is 0 Å². The van der Waals surface area contributed by atoms with E-state index in [4.69, 9.17) is 4.98 Å². The van der Waals surface area contributed by atoms with Crippen LogP contribution in [0.5, 0.6) is 0 Å². The third-order valence-corrected chi connectivity index (χ3v) is 5.34. The molecule has 1 aliphatic rings. The number of rotatable bonds is 4. The van der Waals surface area contributed by atoms with Gasteiger partial charge >= 0.3 is 5.69 Å². The van der Waals surface area contributed by atoms with Crippen LogP contribution in [0.2, 0.25) is 0 Å². The maximum Gasteiger partial charge on any atom is 0.332 e. The highest BCUT2D eigenvalue weighted by molar-refractivity contribution is 5.71. The highest BCUT2D eigenvalue weighted by atomic mass is 16.2. The highest BCUT2D eigenvalue weighted by Gasteiger charge is 2.26. The van der Waals surface area contributed by atoms with Crippen LogP contribution in [0.25, 0.3) is 11.2 Å². The molecule has 24 heavy (non-hydrogen) atoms. The monoisotopic (exact) mass is 334 g/mol. The van der Waals surface area contributed by atoms with Crippen molar-refractivity contribution in [2.75, 3.05) is 6.54 Å². The van der Waals surface area contributed by atoms with E-state index in [9.17, 15) is 9.59 Å². The van der Waals surface area contributed by atoms with Crippen LogP contribution in [0.3, 0.4) is 0 Å². The summed E-state index contributed by atoms with van der Waals surface area (Å²) < 4.78 is 4.70. The molecule has 1 N–H and O–H groups in total. The zero-order valence-corrected chi connectivity index (χ0v) is 15.1. The van der Waals surface area contributed by atoms with Crippen molar-refractivity contribution in [1.29, 1.82) is 0 Å². The molecule has 0 saturated carbocycles. The molecule has 7 nitrogen and oxygen atoms in total. The van der Waals surface area contributed by atoms with Gasteiger partial charge in [0.05, 0.1) is 12.6 Å². The topological polar surface area (TPSA) is 66.3 Å². The number of fused-ring (bicyclic) bond motifs is 1. The van der Waals surface area contributed by atoms with Gasteiger partial charge in [-0.05, 0) is 32.6 Å². The van der Waals surface area contributed by atoms with Crippen molar-refractivity contribution in [3.63, 3.8) is 0 Å². The van der Waals surface area contributed by atoms with E-state index in [1.807, 2.05) is 4.57 Å². The lowest BCUT2D eigenvalue weighted by atomic mass is 10.0. The third-order valence-electron chi connectivity index (χ3n) is 5.34. The van der Waals surface area contributed by atoms with Crippen molar-refractivity contribution in [1.82, 2.24) is 18.7 Å². The average molecular weight is 334 g/mol. The molecule has 2 atom stereocenters. The molecule has 2 aromatic heterocycles. The Morgan fingerprint density at radius 3 is 2.62 bits per heavy atom. The van der Waals surface area contributed by atoms with Crippen molar-refractivity contribution >= 4 is 11.2 Å². The molecule has 0 radical (unpaired) electrons. The molecule has 2 aromatic rings. The molecule has 0 bridgehead atoms. The number of imidazole rings is 1. The summed E-state index contributed by atoms with van der Waals surface area (Å²) in [5, 5.41) is 0. The Kier molecular flexibility index (Phi) is 4.62. The van der Waals surface area contributed by atoms with Gasteiger partial charge in [0.15, 0.2) is 17.0 Å². The molecule has 3 heterocycles. The van der Waals surface area contributed by atoms with Crippen LogP contribution in [-0.4, -0.2) is 31.3 Å². The number of nitrogens with zero attached hydrogens (tertiary/aromatic N) is 4. The molecule has 0 amide bonds. The van der Waals surface area contributed by atoms with Crippen LogP contribution in [0, 0.1) is 0 Å². The largest absolute Gasteiger partial charge is 0.332 e. The van der Waals surface area contributed by atoms with Crippen LogP contribution in [0.4, 0.5) is 0 Å². The molecule has 1 saturated heterocycles. The Morgan fingerprint density at radius 2 is 1.96 bits per heavy atom. The minimum atomic E-state index is -0.320. The number of aryl methyl sites for hydroxylation is 2. The van der Waals surface area contributed by atoms with Crippen molar-refractivity contribution in [2.24, 2.45) is 14.1 Å². The standard InChI is InChI=1S/C17H27N5O2/c1-5-9-22-13(11-21-10-7-6-8-12(21)2)18-15-14(22)16(23)20(4)17(24)19(15)3/h12H,5-11H2,1-4H3/p+1/t12-/m0/s1. The lowest BCUT2D eigenvalue weighted by molar-refractivity contribution is -0.942. The first-order chi connectivity index (χ1) is 11.5. The summed E-state index contributed by atoms with van der Waals surface area (Å²) >= 11 is 0. The number of nitrogens with one attached hydrogen (secondary N) is 1. The first kappa shape index (κ1) is 17.0. The van der Waals surface area contributed by atoms with Gasteiger partial charge in [-0.25, -0.2) is 9.78 Å². The summed E-state index contributed by atoms with van der Waals surface area (Å²) in [5.74, 6) is 0.925. The number of hydrogen-bond donors (Lipinski definition) is 1. The van der Waals surface area contributed by atoms with Gasteiger partial charge in [0.1, 0.15) is 6.54 Å². The Balaban J connectivity index is 2.15. The molecule has 7 heteroatoms. The number of piperidine rings is 1. The van der Waals surface area contributed by atoms with Crippen LogP contribution < -0.4 is 16.1 Å². The average Bonchev–Trinajstić information content (AvgIpc) is 2.92. The van der Waals surface area contributed by atoms with Gasteiger partial charge in [0.25, 0.3) is 5.56 Å². The molecule has 1 aliphatic heterocycles. The van der Waals surface area contributed by atoms with Crippen molar-refractivity contribution in [3.05, 3.63) is 26.7 Å². The fourth-order valence-electron chi connectivity index (χ4n) is 3.81. The Labute approximate surface area is 141 Å². The van der Waals surface area contributed by atoms with E-state index in [0.29, 0.717) is 17.2 Å². The first-order valence-corrected chi connectivity index (χ1v) is 8.95. The van der Waals surface area contributed by atoms with E-state index < -0.39 is 0 Å². The minimum Gasteiger partial charge on any atom is -0.326 e. The summed E-state index contributed by atoms with van der Waals surface area (Å²) in [6.07, 6.45) is 4.71. The molecule has 132 valence electrons. The fraction of sp³-hybridized carbons (Fsp3) is 0.706. The Hall–Kier alpha value is -1.89. The van der Waals surface area contributed by atoms with Crippen LogP contribution in [-0.2, 0) is 27.2 Å². The molecule has 1 unspecified atom stereocenters. The van der Waals surface area contributed by atoms with Crippen LogP contribution >= 0.6 is 0 Å². The lowest BCUT2D eigenvalue weighted by Crippen LogP contribution is -3.15. The summed E-state index contributed by atoms with van der Waals surface area (Å²) in [6, 6.07) is 0.611. The van der Waals surface area contributed by atoms with Gasteiger partial charge in [-0.1, -0.05) is 6.92 Å². The van der Waals surface area contributed by atoms with E-state index in [1.165, 1.54) is 40.3 Å². The van der Waals surface area contributed by atoms with Gasteiger partial charge in [0.2, 0.25) is 0 Å². The Bertz CT molecular complexity index is 860.